The van der Waals surface area contributed by atoms with E-state index in [-0.39, 0.29) is 0 Å². The highest BCUT2D eigenvalue weighted by Crippen LogP contribution is 2.49. The summed E-state index contributed by atoms with van der Waals surface area (Å²) in [6.45, 7) is 0.740. The maximum absolute atomic E-state index is 10.1. The van der Waals surface area contributed by atoms with E-state index in [1.54, 1.807) is 0 Å². The molecule has 1 aromatic carbocycles. The summed E-state index contributed by atoms with van der Waals surface area (Å²) in [6.07, 6.45) is 2.70. The molecule has 2 atom stereocenters. The van der Waals surface area contributed by atoms with Crippen LogP contribution in [-0.4, -0.2) is 17.3 Å². The Hall–Kier alpha value is -1.02. The molecule has 1 fully saturated rings. The number of hydrogen-bond acceptors (Lipinski definition) is 2. The Morgan fingerprint density at radius 1 is 1.36 bits per heavy atom. The van der Waals surface area contributed by atoms with Crippen molar-refractivity contribution in [3.63, 3.8) is 0 Å². The first-order chi connectivity index (χ1) is 6.78. The van der Waals surface area contributed by atoms with Crippen LogP contribution in [0.5, 0.6) is 5.75 Å². The third-order valence-corrected chi connectivity index (χ3v) is 3.39. The second-order valence-electron chi connectivity index (χ2n) is 4.43. The van der Waals surface area contributed by atoms with E-state index in [0.29, 0.717) is 5.92 Å². The first kappa shape index (κ1) is 8.30. The van der Waals surface area contributed by atoms with Gasteiger partial charge in [-0.3, -0.25) is 0 Å². The van der Waals surface area contributed by atoms with E-state index >= 15 is 0 Å². The van der Waals surface area contributed by atoms with Crippen LogP contribution in [-0.2, 0) is 6.42 Å². The minimum Gasteiger partial charge on any atom is -0.493 e. The van der Waals surface area contributed by atoms with Gasteiger partial charge in [-0.05, 0) is 30.4 Å². The predicted octanol–water partition coefficient (Wildman–Crippen LogP) is 1.76. The minimum atomic E-state index is -0.417. The van der Waals surface area contributed by atoms with Crippen LogP contribution >= 0.6 is 0 Å². The Bertz CT molecular complexity index is 361. The SMILES string of the molecule is O[C@]12Cc3ccccc3OCC[C@H]1C2. The van der Waals surface area contributed by atoms with Gasteiger partial charge in [-0.1, -0.05) is 18.2 Å². The van der Waals surface area contributed by atoms with Crippen LogP contribution in [0.15, 0.2) is 24.3 Å². The predicted molar refractivity (Wildman–Crippen MR) is 53.3 cm³/mol. The van der Waals surface area contributed by atoms with Crippen molar-refractivity contribution in [2.75, 3.05) is 6.61 Å². The number of ether oxygens (including phenoxy) is 1. The molecule has 0 aromatic heterocycles. The second-order valence-corrected chi connectivity index (χ2v) is 4.43. The van der Waals surface area contributed by atoms with Crippen LogP contribution in [0.1, 0.15) is 18.4 Å². The molecule has 3 rings (SSSR count). The lowest BCUT2D eigenvalue weighted by Crippen LogP contribution is -2.19. The molecule has 2 nitrogen and oxygen atoms in total. The average Bonchev–Trinajstić information content (AvgIpc) is 2.77. The molecule has 1 aliphatic heterocycles. The van der Waals surface area contributed by atoms with Gasteiger partial charge in [0.05, 0.1) is 12.2 Å². The zero-order valence-electron chi connectivity index (χ0n) is 8.07. The molecule has 1 aliphatic carbocycles. The highest BCUT2D eigenvalue weighted by molar-refractivity contribution is 5.36. The van der Waals surface area contributed by atoms with E-state index in [2.05, 4.69) is 0 Å². The van der Waals surface area contributed by atoms with E-state index in [0.717, 1.165) is 37.2 Å². The Morgan fingerprint density at radius 3 is 3.14 bits per heavy atom. The molecular weight excluding hydrogens is 176 g/mol. The zero-order chi connectivity index (χ0) is 9.60. The van der Waals surface area contributed by atoms with Gasteiger partial charge in [0.15, 0.2) is 0 Å². The summed E-state index contributed by atoms with van der Waals surface area (Å²) < 4.78 is 5.66. The maximum Gasteiger partial charge on any atom is 0.122 e. The van der Waals surface area contributed by atoms with Gasteiger partial charge in [-0.2, -0.15) is 0 Å². The molecule has 0 amide bonds. The molecule has 0 spiro atoms. The summed E-state index contributed by atoms with van der Waals surface area (Å²) in [6, 6.07) is 8.02. The Balaban J connectivity index is 1.97. The molecule has 1 heterocycles. The number of benzene rings is 1. The molecule has 0 bridgehead atoms. The summed E-state index contributed by atoms with van der Waals surface area (Å²) in [7, 11) is 0. The molecule has 2 heteroatoms. The molecule has 1 saturated carbocycles. The highest BCUT2D eigenvalue weighted by atomic mass is 16.5. The van der Waals surface area contributed by atoms with Crippen molar-refractivity contribution in [3.8, 4) is 5.75 Å². The van der Waals surface area contributed by atoms with Gasteiger partial charge >= 0.3 is 0 Å². The van der Waals surface area contributed by atoms with Crippen molar-refractivity contribution in [2.45, 2.75) is 24.9 Å². The fraction of sp³-hybridized carbons (Fsp3) is 0.500. The molecule has 0 unspecified atom stereocenters. The molecule has 2 aliphatic rings. The van der Waals surface area contributed by atoms with E-state index < -0.39 is 5.60 Å². The Labute approximate surface area is 83.5 Å². The second kappa shape index (κ2) is 2.74. The van der Waals surface area contributed by atoms with E-state index in [9.17, 15) is 5.11 Å². The number of aliphatic hydroxyl groups is 1. The first-order valence-corrected chi connectivity index (χ1v) is 5.21. The summed E-state index contributed by atoms with van der Waals surface area (Å²) >= 11 is 0. The summed E-state index contributed by atoms with van der Waals surface area (Å²) in [5.74, 6) is 1.42. The fourth-order valence-corrected chi connectivity index (χ4v) is 2.39. The first-order valence-electron chi connectivity index (χ1n) is 5.21. The fourth-order valence-electron chi connectivity index (χ4n) is 2.39. The number of rotatable bonds is 0. The summed E-state index contributed by atoms with van der Waals surface area (Å²) in [5, 5.41) is 10.1. The standard InChI is InChI=1S/C12H14O2/c13-12-7-9-3-1-2-4-11(9)14-6-5-10(12)8-12/h1-4,10,13H,5-8H2/t10-,12-/m0/s1. The van der Waals surface area contributed by atoms with Crippen LogP contribution in [0.3, 0.4) is 0 Å². The van der Waals surface area contributed by atoms with Gasteiger partial charge in [0.1, 0.15) is 5.75 Å². The molecule has 0 saturated heterocycles. The molecule has 14 heavy (non-hydrogen) atoms. The molecule has 1 N–H and O–H groups in total. The van der Waals surface area contributed by atoms with Gasteiger partial charge in [0.2, 0.25) is 0 Å². The third-order valence-electron chi connectivity index (χ3n) is 3.39. The lowest BCUT2D eigenvalue weighted by Gasteiger charge is -2.18. The van der Waals surface area contributed by atoms with Gasteiger partial charge in [-0.25, -0.2) is 0 Å². The summed E-state index contributed by atoms with van der Waals surface area (Å²) in [5.41, 5.74) is 0.733. The highest BCUT2D eigenvalue weighted by Gasteiger charge is 2.52. The number of para-hydroxylation sites is 1. The monoisotopic (exact) mass is 190 g/mol. The number of fused-ring (bicyclic) bond motifs is 2. The zero-order valence-corrected chi connectivity index (χ0v) is 8.07. The molecular formula is C12H14O2. The van der Waals surface area contributed by atoms with E-state index in [1.165, 1.54) is 0 Å². The smallest absolute Gasteiger partial charge is 0.122 e. The van der Waals surface area contributed by atoms with Crippen molar-refractivity contribution in [3.05, 3.63) is 29.8 Å². The molecule has 0 radical (unpaired) electrons. The quantitative estimate of drug-likeness (QED) is 0.675. The van der Waals surface area contributed by atoms with Crippen LogP contribution < -0.4 is 4.74 Å². The van der Waals surface area contributed by atoms with Gasteiger partial charge in [0, 0.05) is 6.42 Å². The summed E-state index contributed by atoms with van der Waals surface area (Å²) in [4.78, 5) is 0. The van der Waals surface area contributed by atoms with Crippen molar-refractivity contribution in [1.29, 1.82) is 0 Å². The van der Waals surface area contributed by atoms with Crippen LogP contribution in [0.4, 0.5) is 0 Å². The van der Waals surface area contributed by atoms with Crippen molar-refractivity contribution >= 4 is 0 Å². The lowest BCUT2D eigenvalue weighted by molar-refractivity contribution is 0.118. The Kier molecular flexibility index (Phi) is 1.62. The topological polar surface area (TPSA) is 29.5 Å². The average molecular weight is 190 g/mol. The Morgan fingerprint density at radius 2 is 2.21 bits per heavy atom. The third kappa shape index (κ3) is 1.22. The van der Waals surface area contributed by atoms with Gasteiger partial charge < -0.3 is 9.84 Å². The molecule has 74 valence electrons. The molecule has 1 aromatic rings. The van der Waals surface area contributed by atoms with Crippen molar-refractivity contribution in [2.24, 2.45) is 5.92 Å². The normalized spacial score (nSPS) is 34.5. The van der Waals surface area contributed by atoms with Gasteiger partial charge in [0.25, 0.3) is 0 Å². The van der Waals surface area contributed by atoms with Crippen molar-refractivity contribution in [1.82, 2.24) is 0 Å². The van der Waals surface area contributed by atoms with Gasteiger partial charge in [-0.15, -0.1) is 0 Å². The minimum absolute atomic E-state index is 0.417. The lowest BCUT2D eigenvalue weighted by atomic mass is 10.0. The van der Waals surface area contributed by atoms with Crippen molar-refractivity contribution < 1.29 is 9.84 Å². The van der Waals surface area contributed by atoms with E-state index in [1.807, 2.05) is 24.3 Å². The maximum atomic E-state index is 10.1. The van der Waals surface area contributed by atoms with E-state index in [4.69, 9.17) is 4.74 Å². The van der Waals surface area contributed by atoms with Crippen LogP contribution in [0.25, 0.3) is 0 Å². The number of hydrogen-bond donors (Lipinski definition) is 1. The van der Waals surface area contributed by atoms with Crippen LogP contribution in [0.2, 0.25) is 0 Å². The van der Waals surface area contributed by atoms with Crippen LogP contribution in [0, 0.1) is 5.92 Å². The largest absolute Gasteiger partial charge is 0.493 e.